The van der Waals surface area contributed by atoms with Gasteiger partial charge in [-0.05, 0) is 23.8 Å². The molecule has 4 aromatic rings. The quantitative estimate of drug-likeness (QED) is 0.498. The Morgan fingerprint density at radius 3 is 2.80 bits per heavy atom. The number of fused-ring (bicyclic) bond motifs is 1. The van der Waals surface area contributed by atoms with Gasteiger partial charge < -0.3 is 14.9 Å². The number of hydrogen-bond donors (Lipinski definition) is 2. The van der Waals surface area contributed by atoms with Crippen LogP contribution in [0.5, 0.6) is 0 Å². The zero-order chi connectivity index (χ0) is 17.4. The lowest BCUT2D eigenvalue weighted by Crippen LogP contribution is -2.05. The van der Waals surface area contributed by atoms with Gasteiger partial charge in [-0.1, -0.05) is 47.5 Å². The summed E-state index contributed by atoms with van der Waals surface area (Å²) in [6, 6.07) is 13.8. The maximum absolute atomic E-state index is 6.13. The second-order valence-electron chi connectivity index (χ2n) is 5.87. The van der Waals surface area contributed by atoms with E-state index in [-0.39, 0.29) is 0 Å². The summed E-state index contributed by atoms with van der Waals surface area (Å²) in [5.74, 6) is 0.798. The number of rotatable bonds is 4. The van der Waals surface area contributed by atoms with E-state index >= 15 is 0 Å². The predicted molar refractivity (Wildman–Crippen MR) is 104 cm³/mol. The van der Waals surface area contributed by atoms with Gasteiger partial charge in [0.05, 0.1) is 21.9 Å². The van der Waals surface area contributed by atoms with Gasteiger partial charge in [0.1, 0.15) is 0 Å². The molecule has 0 aliphatic heterocycles. The van der Waals surface area contributed by atoms with E-state index in [1.54, 1.807) is 6.07 Å². The first-order chi connectivity index (χ1) is 12.1. The number of aromatic amines is 1. The van der Waals surface area contributed by atoms with E-state index < -0.39 is 0 Å². The van der Waals surface area contributed by atoms with Crippen LogP contribution in [0.2, 0.25) is 10.0 Å². The molecule has 4 rings (SSSR count). The molecular weight excluding hydrogens is 355 g/mol. The second-order valence-corrected chi connectivity index (χ2v) is 6.68. The van der Waals surface area contributed by atoms with Crippen molar-refractivity contribution in [3.8, 4) is 11.3 Å². The third-order valence-corrected chi connectivity index (χ3v) is 5.05. The first kappa shape index (κ1) is 16.1. The van der Waals surface area contributed by atoms with E-state index in [1.165, 1.54) is 10.9 Å². The van der Waals surface area contributed by atoms with Crippen LogP contribution < -0.4 is 5.32 Å². The maximum Gasteiger partial charge on any atom is 0.203 e. The number of halogens is 2. The minimum absolute atomic E-state index is 0.536. The number of H-pyrrole nitrogens is 1. The average molecular weight is 371 g/mol. The highest BCUT2D eigenvalue weighted by Crippen LogP contribution is 2.29. The van der Waals surface area contributed by atoms with Crippen molar-refractivity contribution in [2.75, 3.05) is 5.32 Å². The summed E-state index contributed by atoms with van der Waals surface area (Å²) in [7, 11) is 1.97. The number of hydrogen-bond acceptors (Lipinski definition) is 2. The first-order valence-electron chi connectivity index (χ1n) is 7.89. The molecule has 4 nitrogen and oxygen atoms in total. The molecule has 2 N–H and O–H groups in total. The minimum Gasteiger partial charge on any atom is -0.361 e. The third kappa shape index (κ3) is 2.99. The van der Waals surface area contributed by atoms with Crippen molar-refractivity contribution in [1.82, 2.24) is 14.5 Å². The molecular formula is C19H16Cl2N4. The Morgan fingerprint density at radius 1 is 1.12 bits per heavy atom. The van der Waals surface area contributed by atoms with E-state index in [2.05, 4.69) is 27.4 Å². The van der Waals surface area contributed by atoms with E-state index in [4.69, 9.17) is 23.2 Å². The SMILES string of the molecule is Cn1c(-c2ccc(Cl)c(Cl)c2)cnc1NCc1c[nH]c2ccccc12. The molecule has 2 heterocycles. The summed E-state index contributed by atoms with van der Waals surface area (Å²) in [6.45, 7) is 0.690. The van der Waals surface area contributed by atoms with E-state index in [0.29, 0.717) is 16.6 Å². The number of para-hydroxylation sites is 1. The second kappa shape index (κ2) is 6.47. The molecule has 2 aromatic heterocycles. The van der Waals surface area contributed by atoms with Crippen molar-refractivity contribution in [1.29, 1.82) is 0 Å². The fraction of sp³-hybridized carbons (Fsp3) is 0.105. The van der Waals surface area contributed by atoms with Crippen LogP contribution >= 0.6 is 23.2 Å². The molecule has 0 atom stereocenters. The van der Waals surface area contributed by atoms with Gasteiger partial charge in [0, 0.05) is 36.3 Å². The normalized spacial score (nSPS) is 11.2. The van der Waals surface area contributed by atoms with Crippen molar-refractivity contribution in [3.63, 3.8) is 0 Å². The largest absolute Gasteiger partial charge is 0.361 e. The number of benzene rings is 2. The molecule has 0 aliphatic rings. The van der Waals surface area contributed by atoms with Crippen LogP contribution in [0.25, 0.3) is 22.2 Å². The molecule has 126 valence electrons. The number of aromatic nitrogens is 3. The molecule has 0 saturated heterocycles. The summed E-state index contributed by atoms with van der Waals surface area (Å²) in [5.41, 5.74) is 4.29. The minimum atomic E-state index is 0.536. The number of nitrogens with one attached hydrogen (secondary N) is 2. The lowest BCUT2D eigenvalue weighted by atomic mass is 10.2. The maximum atomic E-state index is 6.13. The van der Waals surface area contributed by atoms with Gasteiger partial charge in [0.2, 0.25) is 5.95 Å². The Balaban J connectivity index is 1.58. The Morgan fingerprint density at radius 2 is 1.96 bits per heavy atom. The van der Waals surface area contributed by atoms with Crippen LogP contribution in [-0.2, 0) is 13.6 Å². The summed E-state index contributed by atoms with van der Waals surface area (Å²) in [4.78, 5) is 7.78. The monoisotopic (exact) mass is 370 g/mol. The van der Waals surface area contributed by atoms with Crippen molar-refractivity contribution < 1.29 is 0 Å². The van der Waals surface area contributed by atoms with Crippen LogP contribution in [0.4, 0.5) is 5.95 Å². The molecule has 0 amide bonds. The topological polar surface area (TPSA) is 45.6 Å². The highest BCUT2D eigenvalue weighted by atomic mass is 35.5. The fourth-order valence-electron chi connectivity index (χ4n) is 2.95. The third-order valence-electron chi connectivity index (χ3n) is 4.32. The molecule has 0 saturated carbocycles. The van der Waals surface area contributed by atoms with Gasteiger partial charge in [-0.15, -0.1) is 0 Å². The Hall–Kier alpha value is -2.43. The summed E-state index contributed by atoms with van der Waals surface area (Å²) >= 11 is 12.1. The lowest BCUT2D eigenvalue weighted by Gasteiger charge is -2.09. The highest BCUT2D eigenvalue weighted by molar-refractivity contribution is 6.42. The van der Waals surface area contributed by atoms with Crippen LogP contribution in [-0.4, -0.2) is 14.5 Å². The summed E-state index contributed by atoms with van der Waals surface area (Å²) in [6.07, 6.45) is 3.86. The lowest BCUT2D eigenvalue weighted by molar-refractivity contribution is 0.908. The molecule has 0 unspecified atom stereocenters. The van der Waals surface area contributed by atoms with Crippen LogP contribution in [0.15, 0.2) is 54.9 Å². The van der Waals surface area contributed by atoms with Crippen LogP contribution in [0.3, 0.4) is 0 Å². The van der Waals surface area contributed by atoms with Gasteiger partial charge in [-0.25, -0.2) is 4.98 Å². The predicted octanol–water partition coefficient (Wildman–Crippen LogP) is 5.49. The molecule has 0 spiro atoms. The Bertz CT molecular complexity index is 1050. The van der Waals surface area contributed by atoms with Gasteiger partial charge in [-0.3, -0.25) is 0 Å². The number of nitrogens with zero attached hydrogens (tertiary/aromatic N) is 2. The molecule has 0 bridgehead atoms. The molecule has 0 aliphatic carbocycles. The molecule has 0 fully saturated rings. The van der Waals surface area contributed by atoms with Crippen LogP contribution in [0.1, 0.15) is 5.56 Å². The first-order valence-corrected chi connectivity index (χ1v) is 8.65. The zero-order valence-corrected chi connectivity index (χ0v) is 15.1. The number of anilines is 1. The van der Waals surface area contributed by atoms with Crippen molar-refractivity contribution in [2.45, 2.75) is 6.54 Å². The number of imidazole rings is 1. The van der Waals surface area contributed by atoms with Gasteiger partial charge in [-0.2, -0.15) is 0 Å². The highest BCUT2D eigenvalue weighted by Gasteiger charge is 2.11. The standard InChI is InChI=1S/C19H16Cl2N4/c1-25-18(12-6-7-15(20)16(21)8-12)11-24-19(25)23-10-13-9-22-17-5-3-2-4-14(13)17/h2-9,11,22H,10H2,1H3,(H,23,24). The fourth-order valence-corrected chi connectivity index (χ4v) is 3.25. The van der Waals surface area contributed by atoms with E-state index in [1.807, 2.05) is 48.3 Å². The van der Waals surface area contributed by atoms with E-state index in [9.17, 15) is 0 Å². The van der Waals surface area contributed by atoms with Crippen molar-refractivity contribution >= 4 is 40.1 Å². The summed E-state index contributed by atoms with van der Waals surface area (Å²) in [5, 5.41) is 5.70. The Kier molecular flexibility index (Phi) is 4.15. The molecule has 2 aromatic carbocycles. The summed E-state index contributed by atoms with van der Waals surface area (Å²) < 4.78 is 2.01. The average Bonchev–Trinajstić information content (AvgIpc) is 3.19. The zero-order valence-electron chi connectivity index (χ0n) is 13.6. The Labute approximate surface area is 155 Å². The van der Waals surface area contributed by atoms with Crippen LogP contribution in [0, 0.1) is 0 Å². The van der Waals surface area contributed by atoms with Gasteiger partial charge in [0.15, 0.2) is 0 Å². The van der Waals surface area contributed by atoms with Crippen molar-refractivity contribution in [2.24, 2.45) is 7.05 Å². The molecule has 6 heteroatoms. The van der Waals surface area contributed by atoms with Crippen molar-refractivity contribution in [3.05, 3.63) is 70.5 Å². The van der Waals surface area contributed by atoms with E-state index in [0.717, 1.165) is 22.7 Å². The van der Waals surface area contributed by atoms with Gasteiger partial charge in [0.25, 0.3) is 0 Å². The van der Waals surface area contributed by atoms with Gasteiger partial charge >= 0.3 is 0 Å². The molecule has 0 radical (unpaired) electrons. The molecule has 25 heavy (non-hydrogen) atoms. The smallest absolute Gasteiger partial charge is 0.203 e.